The largest absolute Gasteiger partial charge is 0.393 e. The first-order valence-electron chi connectivity index (χ1n) is 17.9. The van der Waals surface area contributed by atoms with Crippen LogP contribution in [-0.4, -0.2) is 65.4 Å². The molecule has 4 unspecified atom stereocenters. The normalized spacial score (nSPS) is 24.0. The first-order chi connectivity index (χ1) is 24.1. The molecule has 1 aromatic heterocycles. The maximum Gasteiger partial charge on any atom is 0.321 e. The molecule has 4 aromatic rings. The molecule has 3 aliphatic carbocycles. The van der Waals surface area contributed by atoms with Crippen molar-refractivity contribution in [2.24, 2.45) is 5.41 Å². The van der Waals surface area contributed by atoms with Crippen LogP contribution in [0.4, 0.5) is 10.5 Å². The van der Waals surface area contributed by atoms with Crippen LogP contribution in [0.5, 0.6) is 0 Å². The molecular formula is C42H50N2O5S. The molecule has 0 saturated heterocycles. The summed E-state index contributed by atoms with van der Waals surface area (Å²) in [6.45, 7) is 5.37. The second-order valence-electron chi connectivity index (χ2n) is 14.5. The number of nitrogens with one attached hydrogen (secondary N) is 1. The highest BCUT2D eigenvalue weighted by molar-refractivity contribution is 7.21. The SMILES string of the molecule is COCCCN(CC1(O)CCC2c3ccc(cc3C(=O)c3cc4ccccc4s3)CC(O)CCC(C)=CCCC21C)C(=O)Nc1ccccc1. The summed E-state index contributed by atoms with van der Waals surface area (Å²) < 4.78 is 6.40. The van der Waals surface area contributed by atoms with Gasteiger partial charge >= 0.3 is 6.03 Å². The van der Waals surface area contributed by atoms with Gasteiger partial charge in [0, 0.05) is 41.6 Å². The summed E-state index contributed by atoms with van der Waals surface area (Å²) in [5, 5.41) is 28.0. The summed E-state index contributed by atoms with van der Waals surface area (Å²) in [4.78, 5) is 30.8. The van der Waals surface area contributed by atoms with Crippen molar-refractivity contribution < 1.29 is 24.5 Å². The lowest BCUT2D eigenvalue weighted by Crippen LogP contribution is -2.54. The van der Waals surface area contributed by atoms with Crippen molar-refractivity contribution in [3.63, 3.8) is 0 Å². The molecule has 1 heterocycles. The molecule has 50 heavy (non-hydrogen) atoms. The van der Waals surface area contributed by atoms with E-state index in [1.54, 1.807) is 12.0 Å². The molecule has 3 N–H and O–H groups in total. The van der Waals surface area contributed by atoms with Gasteiger partial charge in [0.15, 0.2) is 0 Å². The Labute approximate surface area is 300 Å². The summed E-state index contributed by atoms with van der Waals surface area (Å²) in [5.41, 5.74) is 2.55. The highest BCUT2D eigenvalue weighted by Crippen LogP contribution is 2.59. The predicted molar refractivity (Wildman–Crippen MR) is 202 cm³/mol. The number of methoxy groups -OCH3 is 1. The molecule has 0 radical (unpaired) electrons. The van der Waals surface area contributed by atoms with Crippen LogP contribution in [0.3, 0.4) is 0 Å². The van der Waals surface area contributed by atoms with Crippen LogP contribution in [0.15, 0.2) is 90.5 Å². The van der Waals surface area contributed by atoms with Gasteiger partial charge in [-0.25, -0.2) is 4.79 Å². The summed E-state index contributed by atoms with van der Waals surface area (Å²) in [6.07, 6.45) is 6.86. The number of thiophene rings is 1. The van der Waals surface area contributed by atoms with Crippen LogP contribution in [0.25, 0.3) is 10.1 Å². The Morgan fingerprint density at radius 2 is 1.80 bits per heavy atom. The number of urea groups is 1. The number of ketones is 1. The molecule has 0 aliphatic heterocycles. The van der Waals surface area contributed by atoms with E-state index in [4.69, 9.17) is 4.74 Å². The summed E-state index contributed by atoms with van der Waals surface area (Å²) >= 11 is 1.50. The van der Waals surface area contributed by atoms with E-state index in [2.05, 4.69) is 37.4 Å². The van der Waals surface area contributed by atoms with E-state index in [9.17, 15) is 19.8 Å². The van der Waals surface area contributed by atoms with E-state index in [-0.39, 0.29) is 24.3 Å². The molecular weight excluding hydrogens is 645 g/mol. The van der Waals surface area contributed by atoms with Crippen molar-refractivity contribution in [1.82, 2.24) is 4.90 Å². The first-order valence-corrected chi connectivity index (χ1v) is 18.7. The molecule has 264 valence electrons. The van der Waals surface area contributed by atoms with Gasteiger partial charge in [-0.05, 0) is 111 Å². The molecule has 4 atom stereocenters. The third kappa shape index (κ3) is 7.74. The number of aliphatic hydroxyl groups excluding tert-OH is 1. The van der Waals surface area contributed by atoms with Crippen LogP contribution < -0.4 is 5.32 Å². The third-order valence-corrected chi connectivity index (χ3v) is 12.2. The summed E-state index contributed by atoms with van der Waals surface area (Å²) in [6, 6.07) is 25.3. The van der Waals surface area contributed by atoms with E-state index in [1.807, 2.05) is 66.7 Å². The summed E-state index contributed by atoms with van der Waals surface area (Å²) in [7, 11) is 1.65. The Morgan fingerprint density at radius 3 is 2.58 bits per heavy atom. The van der Waals surface area contributed by atoms with Crippen molar-refractivity contribution in [2.75, 3.05) is 32.1 Å². The number of carbonyl (C=O) groups excluding carboxylic acids is 2. The number of para-hydroxylation sites is 1. The Bertz CT molecular complexity index is 1800. The van der Waals surface area contributed by atoms with Gasteiger partial charge in [-0.15, -0.1) is 11.3 Å². The number of nitrogens with zero attached hydrogens (tertiary/aromatic N) is 1. The van der Waals surface area contributed by atoms with Gasteiger partial charge in [-0.3, -0.25) is 4.79 Å². The highest BCUT2D eigenvalue weighted by Gasteiger charge is 2.57. The molecule has 8 heteroatoms. The standard InChI is InChI=1S/C42H50N2O5S/c1-29-11-9-21-41(2)36(20-22-42(41,48)28-44(23-10-24-49-3)40(47)43-32-13-5-4-6-14-32)34-19-17-30(25-33(45)18-16-29)26-35(34)39(46)38-27-31-12-7-8-15-37(31)50-38/h4-8,11-15,17,19,26-27,33,36,45,48H,9-10,16,18,20-25,28H2,1-3H3,(H,43,47). The smallest absolute Gasteiger partial charge is 0.321 e. The average Bonchev–Trinajstić information content (AvgIpc) is 3.65. The Kier molecular flexibility index (Phi) is 11.2. The molecule has 1 saturated carbocycles. The maximum absolute atomic E-state index is 14.5. The van der Waals surface area contributed by atoms with E-state index in [0.717, 1.165) is 34.1 Å². The number of aliphatic hydroxyl groups is 2. The molecule has 2 amide bonds. The highest BCUT2D eigenvalue weighted by atomic mass is 32.1. The summed E-state index contributed by atoms with van der Waals surface area (Å²) in [5.74, 6) is -0.156. The molecule has 0 spiro atoms. The van der Waals surface area contributed by atoms with Crippen molar-refractivity contribution in [2.45, 2.75) is 82.8 Å². The van der Waals surface area contributed by atoms with Gasteiger partial charge in [-0.1, -0.05) is 67.1 Å². The molecule has 7 rings (SSSR count). The quantitative estimate of drug-likeness (QED) is 0.0925. The van der Waals surface area contributed by atoms with E-state index < -0.39 is 17.1 Å². The number of amides is 2. The van der Waals surface area contributed by atoms with Crippen LogP contribution in [-0.2, 0) is 11.2 Å². The third-order valence-electron chi connectivity index (χ3n) is 11.1. The van der Waals surface area contributed by atoms with Crippen LogP contribution in [0.1, 0.15) is 91.1 Å². The van der Waals surface area contributed by atoms with Gasteiger partial charge in [0.25, 0.3) is 0 Å². The van der Waals surface area contributed by atoms with Crippen molar-refractivity contribution in [3.8, 4) is 0 Å². The predicted octanol–water partition coefficient (Wildman–Crippen LogP) is 8.74. The van der Waals surface area contributed by atoms with Crippen molar-refractivity contribution in [1.29, 1.82) is 0 Å². The zero-order valence-corrected chi connectivity index (χ0v) is 30.3. The number of ether oxygens (including phenoxy) is 1. The zero-order valence-electron chi connectivity index (χ0n) is 29.5. The van der Waals surface area contributed by atoms with Gasteiger partial charge in [0.1, 0.15) is 0 Å². The molecule has 2 bridgehead atoms. The van der Waals surface area contributed by atoms with Crippen LogP contribution in [0, 0.1) is 5.41 Å². The number of fused-ring (bicyclic) bond motifs is 9. The maximum atomic E-state index is 14.5. The average molecular weight is 695 g/mol. The van der Waals surface area contributed by atoms with Gasteiger partial charge in [0.05, 0.1) is 23.1 Å². The van der Waals surface area contributed by atoms with Crippen molar-refractivity contribution >= 4 is 38.9 Å². The molecule has 3 aromatic carbocycles. The fourth-order valence-corrected chi connectivity index (χ4v) is 9.13. The number of allylic oxidation sites excluding steroid dienone is 2. The number of hydrogen-bond donors (Lipinski definition) is 3. The molecule has 7 nitrogen and oxygen atoms in total. The zero-order chi connectivity index (χ0) is 35.3. The van der Waals surface area contributed by atoms with Crippen LogP contribution in [0.2, 0.25) is 0 Å². The number of rotatable bonds is 9. The lowest BCUT2D eigenvalue weighted by atomic mass is 9.64. The fraction of sp³-hybridized carbons (Fsp3) is 0.429. The van der Waals surface area contributed by atoms with Gasteiger partial charge in [0.2, 0.25) is 5.78 Å². The minimum Gasteiger partial charge on any atom is -0.393 e. The number of benzene rings is 3. The topological polar surface area (TPSA) is 99.1 Å². The minimum atomic E-state index is -1.22. The minimum absolute atomic E-state index is 0.0263. The number of carbonyl (C=O) groups is 2. The van der Waals surface area contributed by atoms with E-state index in [1.165, 1.54) is 16.9 Å². The lowest BCUT2D eigenvalue weighted by molar-refractivity contribution is -0.0767. The molecule has 3 aliphatic rings. The Hall–Kier alpha value is -3.82. The second kappa shape index (κ2) is 15.6. The van der Waals surface area contributed by atoms with Crippen molar-refractivity contribution in [3.05, 3.63) is 112 Å². The van der Waals surface area contributed by atoms with Crippen LogP contribution >= 0.6 is 11.3 Å². The Balaban J connectivity index is 1.40. The lowest BCUT2D eigenvalue weighted by Gasteiger charge is -2.46. The second-order valence-corrected chi connectivity index (χ2v) is 15.6. The van der Waals surface area contributed by atoms with E-state index >= 15 is 0 Å². The fourth-order valence-electron chi connectivity index (χ4n) is 8.12. The monoisotopic (exact) mass is 694 g/mol. The van der Waals surface area contributed by atoms with E-state index in [0.29, 0.717) is 67.8 Å². The number of hydrogen-bond acceptors (Lipinski definition) is 6. The Morgan fingerprint density at radius 1 is 1.02 bits per heavy atom. The molecule has 1 fully saturated rings. The number of anilines is 1. The van der Waals surface area contributed by atoms with Gasteiger partial charge < -0.3 is 25.2 Å². The first kappa shape index (κ1) is 36.0. The van der Waals surface area contributed by atoms with Gasteiger partial charge in [-0.2, -0.15) is 0 Å².